The van der Waals surface area contributed by atoms with Gasteiger partial charge in [0.2, 0.25) is 0 Å². The number of aromatic nitrogens is 1. The van der Waals surface area contributed by atoms with Gasteiger partial charge in [-0.2, -0.15) is 0 Å². The maximum absolute atomic E-state index is 10.9. The maximum Gasteiger partial charge on any atom is 0.307 e. The highest BCUT2D eigenvalue weighted by Crippen LogP contribution is 2.18. The first-order chi connectivity index (χ1) is 7.25. The van der Waals surface area contributed by atoms with E-state index in [9.17, 15) is 4.79 Å². The number of hydrogen-bond acceptors (Lipinski definition) is 4. The highest BCUT2D eigenvalue weighted by Gasteiger charge is 2.25. The van der Waals surface area contributed by atoms with Crippen molar-refractivity contribution in [1.82, 2.24) is 9.88 Å². The summed E-state index contributed by atoms with van der Waals surface area (Å²) in [6.45, 7) is 2.43. The SMILES string of the molecule is O=C(O)C1CCCN(Cc2cscn2)C1. The summed E-state index contributed by atoms with van der Waals surface area (Å²) in [5.41, 5.74) is 2.86. The number of piperidine rings is 1. The molecule has 1 aromatic rings. The second kappa shape index (κ2) is 4.72. The van der Waals surface area contributed by atoms with Gasteiger partial charge in [0.15, 0.2) is 0 Å². The molecule has 0 saturated carbocycles. The van der Waals surface area contributed by atoms with E-state index in [0.717, 1.165) is 31.6 Å². The molecule has 0 spiro atoms. The van der Waals surface area contributed by atoms with Crippen molar-refractivity contribution >= 4 is 17.3 Å². The third-order valence-electron chi connectivity index (χ3n) is 2.72. The van der Waals surface area contributed by atoms with Gasteiger partial charge < -0.3 is 5.11 Å². The van der Waals surface area contributed by atoms with E-state index in [2.05, 4.69) is 9.88 Å². The predicted molar refractivity (Wildman–Crippen MR) is 57.8 cm³/mol. The summed E-state index contributed by atoms with van der Waals surface area (Å²) in [5, 5.41) is 11.0. The first-order valence-electron chi connectivity index (χ1n) is 5.08. The Balaban J connectivity index is 1.90. The smallest absolute Gasteiger partial charge is 0.307 e. The molecule has 1 aliphatic heterocycles. The van der Waals surface area contributed by atoms with Gasteiger partial charge in [0.1, 0.15) is 0 Å². The third-order valence-corrected chi connectivity index (χ3v) is 3.36. The molecule has 0 amide bonds. The lowest BCUT2D eigenvalue weighted by molar-refractivity contribution is -0.143. The Morgan fingerprint density at radius 3 is 3.27 bits per heavy atom. The van der Waals surface area contributed by atoms with Crippen LogP contribution >= 0.6 is 11.3 Å². The molecule has 5 heteroatoms. The Labute approximate surface area is 92.6 Å². The minimum absolute atomic E-state index is 0.197. The van der Waals surface area contributed by atoms with Crippen LogP contribution in [0.1, 0.15) is 18.5 Å². The van der Waals surface area contributed by atoms with E-state index < -0.39 is 5.97 Å². The van der Waals surface area contributed by atoms with Gasteiger partial charge in [-0.3, -0.25) is 9.69 Å². The van der Waals surface area contributed by atoms with Gasteiger partial charge in [-0.15, -0.1) is 11.3 Å². The highest BCUT2D eigenvalue weighted by molar-refractivity contribution is 7.07. The van der Waals surface area contributed by atoms with Crippen molar-refractivity contribution in [2.24, 2.45) is 5.92 Å². The van der Waals surface area contributed by atoms with Gasteiger partial charge in [0.25, 0.3) is 0 Å². The zero-order chi connectivity index (χ0) is 10.7. The predicted octanol–water partition coefficient (Wildman–Crippen LogP) is 1.44. The zero-order valence-corrected chi connectivity index (χ0v) is 9.24. The number of rotatable bonds is 3. The fourth-order valence-corrected chi connectivity index (χ4v) is 2.50. The van der Waals surface area contributed by atoms with Crippen LogP contribution < -0.4 is 0 Å². The van der Waals surface area contributed by atoms with Crippen LogP contribution in [-0.2, 0) is 11.3 Å². The summed E-state index contributed by atoms with van der Waals surface area (Å²) in [6.07, 6.45) is 1.78. The molecule has 1 aromatic heterocycles. The summed E-state index contributed by atoms with van der Waals surface area (Å²) < 4.78 is 0. The highest BCUT2D eigenvalue weighted by atomic mass is 32.1. The number of nitrogens with zero attached hydrogens (tertiary/aromatic N) is 2. The Kier molecular flexibility index (Phi) is 3.33. The van der Waals surface area contributed by atoms with Crippen LogP contribution in [0, 0.1) is 5.92 Å². The van der Waals surface area contributed by atoms with Crippen LogP contribution in [0.4, 0.5) is 0 Å². The van der Waals surface area contributed by atoms with Crippen molar-refractivity contribution in [1.29, 1.82) is 0 Å². The monoisotopic (exact) mass is 226 g/mol. The number of thiazole rings is 1. The molecule has 82 valence electrons. The topological polar surface area (TPSA) is 53.4 Å². The van der Waals surface area contributed by atoms with Gasteiger partial charge in [0, 0.05) is 18.5 Å². The lowest BCUT2D eigenvalue weighted by Gasteiger charge is -2.29. The third kappa shape index (κ3) is 2.76. The van der Waals surface area contributed by atoms with E-state index in [4.69, 9.17) is 5.11 Å². The van der Waals surface area contributed by atoms with Crippen molar-refractivity contribution < 1.29 is 9.90 Å². The summed E-state index contributed by atoms with van der Waals surface area (Å²) in [7, 11) is 0. The molecule has 2 rings (SSSR count). The van der Waals surface area contributed by atoms with Crippen molar-refractivity contribution in [2.45, 2.75) is 19.4 Å². The molecule has 0 radical (unpaired) electrons. The standard InChI is InChI=1S/C10H14N2O2S/c13-10(14)8-2-1-3-12(4-8)5-9-6-15-7-11-9/h6-8H,1-5H2,(H,13,14). The molecule has 2 heterocycles. The summed E-state index contributed by atoms with van der Waals surface area (Å²) in [4.78, 5) is 17.2. The molecule has 0 aromatic carbocycles. The Bertz CT molecular complexity index is 326. The van der Waals surface area contributed by atoms with E-state index in [1.165, 1.54) is 0 Å². The van der Waals surface area contributed by atoms with Crippen molar-refractivity contribution in [3.05, 3.63) is 16.6 Å². The second-order valence-electron chi connectivity index (χ2n) is 3.89. The molecular formula is C10H14N2O2S. The van der Waals surface area contributed by atoms with Crippen molar-refractivity contribution in [3.63, 3.8) is 0 Å². The van der Waals surface area contributed by atoms with E-state index in [1.807, 2.05) is 10.9 Å². The lowest BCUT2D eigenvalue weighted by Crippen LogP contribution is -2.38. The van der Waals surface area contributed by atoms with E-state index in [1.54, 1.807) is 11.3 Å². The molecule has 4 nitrogen and oxygen atoms in total. The van der Waals surface area contributed by atoms with Crippen LogP contribution in [-0.4, -0.2) is 34.0 Å². The molecule has 1 unspecified atom stereocenters. The number of carboxylic acids is 1. The molecular weight excluding hydrogens is 212 g/mol. The number of hydrogen-bond donors (Lipinski definition) is 1. The summed E-state index contributed by atoms with van der Waals surface area (Å²) >= 11 is 1.58. The minimum Gasteiger partial charge on any atom is -0.481 e. The van der Waals surface area contributed by atoms with Crippen molar-refractivity contribution in [2.75, 3.05) is 13.1 Å². The first-order valence-corrected chi connectivity index (χ1v) is 6.02. The molecule has 1 aliphatic rings. The fraction of sp³-hybridized carbons (Fsp3) is 0.600. The van der Waals surface area contributed by atoms with Crippen LogP contribution in [0.15, 0.2) is 10.9 Å². The molecule has 1 atom stereocenters. The Morgan fingerprint density at radius 1 is 1.73 bits per heavy atom. The van der Waals surface area contributed by atoms with Crippen molar-refractivity contribution in [3.8, 4) is 0 Å². The normalized spacial score (nSPS) is 22.8. The van der Waals surface area contributed by atoms with E-state index >= 15 is 0 Å². The molecule has 1 N–H and O–H groups in total. The molecule has 0 aliphatic carbocycles. The number of carboxylic acid groups (broad SMARTS) is 1. The quantitative estimate of drug-likeness (QED) is 0.847. The maximum atomic E-state index is 10.9. The lowest BCUT2D eigenvalue weighted by atomic mass is 9.98. The van der Waals surface area contributed by atoms with Gasteiger partial charge in [0.05, 0.1) is 17.1 Å². The molecule has 15 heavy (non-hydrogen) atoms. The molecule has 1 saturated heterocycles. The number of aliphatic carboxylic acids is 1. The molecule has 0 bridgehead atoms. The minimum atomic E-state index is -0.669. The van der Waals surface area contributed by atoms with Gasteiger partial charge >= 0.3 is 5.97 Å². The summed E-state index contributed by atoms with van der Waals surface area (Å²) in [6, 6.07) is 0. The Morgan fingerprint density at radius 2 is 2.60 bits per heavy atom. The largest absolute Gasteiger partial charge is 0.481 e. The summed E-state index contributed by atoms with van der Waals surface area (Å²) in [5.74, 6) is -0.865. The fourth-order valence-electron chi connectivity index (χ4n) is 1.95. The van der Waals surface area contributed by atoms with Crippen LogP contribution in [0.25, 0.3) is 0 Å². The van der Waals surface area contributed by atoms with Crippen LogP contribution in [0.3, 0.4) is 0 Å². The Hall–Kier alpha value is -0.940. The average molecular weight is 226 g/mol. The van der Waals surface area contributed by atoms with Crippen LogP contribution in [0.2, 0.25) is 0 Å². The number of carbonyl (C=O) groups is 1. The first kappa shape index (κ1) is 10.6. The van der Waals surface area contributed by atoms with Gasteiger partial charge in [-0.25, -0.2) is 4.98 Å². The van der Waals surface area contributed by atoms with Gasteiger partial charge in [-0.05, 0) is 19.4 Å². The average Bonchev–Trinajstić information content (AvgIpc) is 2.71. The van der Waals surface area contributed by atoms with E-state index in [0.29, 0.717) is 6.54 Å². The van der Waals surface area contributed by atoms with Crippen LogP contribution in [0.5, 0.6) is 0 Å². The molecule has 1 fully saturated rings. The number of likely N-dealkylation sites (tertiary alicyclic amines) is 1. The van der Waals surface area contributed by atoms with Gasteiger partial charge in [-0.1, -0.05) is 0 Å². The zero-order valence-electron chi connectivity index (χ0n) is 8.43. The van der Waals surface area contributed by atoms with E-state index in [-0.39, 0.29) is 5.92 Å². The second-order valence-corrected chi connectivity index (χ2v) is 4.61.